The van der Waals surface area contributed by atoms with Crippen molar-refractivity contribution in [1.82, 2.24) is 5.32 Å². The maximum atomic E-state index is 13.2. The van der Waals surface area contributed by atoms with E-state index < -0.39 is 22.9 Å². The van der Waals surface area contributed by atoms with Gasteiger partial charge < -0.3 is 19.5 Å². The molecule has 1 saturated heterocycles. The molecule has 8 nitrogen and oxygen atoms in total. The highest BCUT2D eigenvalue weighted by Crippen LogP contribution is 2.56. The van der Waals surface area contributed by atoms with E-state index in [-0.39, 0.29) is 18.9 Å². The van der Waals surface area contributed by atoms with Crippen LogP contribution in [0.4, 0.5) is 5.69 Å². The number of para-hydroxylation sites is 1. The Morgan fingerprint density at radius 2 is 1.91 bits per heavy atom. The summed E-state index contributed by atoms with van der Waals surface area (Å²) in [6.45, 7) is 1.75. The minimum Gasteiger partial charge on any atom is -0.493 e. The lowest BCUT2D eigenvalue weighted by Gasteiger charge is -2.29. The maximum absolute atomic E-state index is 13.2. The quantitative estimate of drug-likeness (QED) is 0.640. The third kappa shape index (κ3) is 3.77. The number of esters is 1. The van der Waals surface area contributed by atoms with Crippen LogP contribution in [0.25, 0.3) is 0 Å². The van der Waals surface area contributed by atoms with E-state index in [0.29, 0.717) is 23.6 Å². The van der Waals surface area contributed by atoms with Crippen molar-refractivity contribution < 1.29 is 28.6 Å². The number of carbonyl (C=O) groups is 3. The molecule has 32 heavy (non-hydrogen) atoms. The maximum Gasteiger partial charge on any atom is 0.344 e. The number of nitrogens with zero attached hydrogens (tertiary/aromatic N) is 1. The summed E-state index contributed by atoms with van der Waals surface area (Å²) >= 11 is 1.31. The first kappa shape index (κ1) is 22.0. The monoisotopic (exact) mass is 456 g/mol. The molecule has 9 heteroatoms. The summed E-state index contributed by atoms with van der Waals surface area (Å²) < 4.78 is 16.0. The molecule has 1 N–H and O–H groups in total. The van der Waals surface area contributed by atoms with Crippen molar-refractivity contribution in [2.24, 2.45) is 0 Å². The predicted octanol–water partition coefficient (Wildman–Crippen LogP) is 2.88. The fourth-order valence-electron chi connectivity index (χ4n) is 3.90. The normalized spacial score (nSPS) is 19.7. The molecule has 0 saturated carbocycles. The van der Waals surface area contributed by atoms with Crippen LogP contribution < -0.4 is 19.7 Å². The number of carbonyl (C=O) groups excluding carboxylic acids is 3. The van der Waals surface area contributed by atoms with Crippen molar-refractivity contribution in [3.8, 4) is 11.5 Å². The minimum atomic E-state index is -1.15. The Morgan fingerprint density at radius 3 is 2.66 bits per heavy atom. The molecular weight excluding hydrogens is 432 g/mol. The molecule has 2 atom stereocenters. The van der Waals surface area contributed by atoms with Crippen molar-refractivity contribution in [3.05, 3.63) is 48.0 Å². The SMILES string of the molecule is COc1ccc(CNC(=O)[C@@H](C)OC(=O)[C@]23CCC(=O)N2c2ccccc2S3)cc1OC. The highest BCUT2D eigenvalue weighted by molar-refractivity contribution is 8.02. The number of thioether (sulfide) groups is 1. The highest BCUT2D eigenvalue weighted by Gasteiger charge is 2.58. The molecule has 2 aromatic carbocycles. The zero-order valence-electron chi connectivity index (χ0n) is 18.0. The second-order valence-corrected chi connectivity index (χ2v) is 8.86. The zero-order chi connectivity index (χ0) is 22.9. The standard InChI is InChI=1S/C23H24N2O6S/c1-14(21(27)24-13-15-8-9-17(29-2)18(12-15)30-3)31-22(28)23-11-10-20(26)25(23)16-6-4-5-7-19(16)32-23/h4-9,12,14H,10-11,13H2,1-3H3,(H,24,27)/t14-,23-/m1/s1. The summed E-state index contributed by atoms with van der Waals surface area (Å²) in [5, 5.41) is 2.77. The lowest BCUT2D eigenvalue weighted by Crippen LogP contribution is -2.50. The van der Waals surface area contributed by atoms with E-state index in [1.54, 1.807) is 19.2 Å². The Kier molecular flexibility index (Phi) is 6.01. The topological polar surface area (TPSA) is 94.2 Å². The fraction of sp³-hybridized carbons (Fsp3) is 0.348. The van der Waals surface area contributed by atoms with Crippen molar-refractivity contribution in [2.75, 3.05) is 19.1 Å². The number of hydrogen-bond acceptors (Lipinski definition) is 7. The second-order valence-electron chi connectivity index (χ2n) is 7.54. The van der Waals surface area contributed by atoms with E-state index in [4.69, 9.17) is 14.2 Å². The molecule has 0 spiro atoms. The molecule has 0 aliphatic carbocycles. The van der Waals surface area contributed by atoms with Gasteiger partial charge in [0.05, 0.1) is 19.9 Å². The van der Waals surface area contributed by atoms with Gasteiger partial charge in [-0.15, -0.1) is 0 Å². The van der Waals surface area contributed by atoms with Gasteiger partial charge in [0.1, 0.15) is 0 Å². The number of benzene rings is 2. The largest absolute Gasteiger partial charge is 0.493 e. The van der Waals surface area contributed by atoms with Gasteiger partial charge >= 0.3 is 5.97 Å². The molecular formula is C23H24N2O6S. The predicted molar refractivity (Wildman–Crippen MR) is 119 cm³/mol. The Hall–Kier alpha value is -3.20. The van der Waals surface area contributed by atoms with Crippen molar-refractivity contribution in [1.29, 1.82) is 0 Å². The van der Waals surface area contributed by atoms with Crippen LogP contribution in [0.1, 0.15) is 25.3 Å². The van der Waals surface area contributed by atoms with Crippen LogP contribution in [0.15, 0.2) is 47.4 Å². The number of anilines is 1. The van der Waals surface area contributed by atoms with E-state index in [9.17, 15) is 14.4 Å². The number of fused-ring (bicyclic) bond motifs is 3. The molecule has 0 radical (unpaired) electrons. The molecule has 2 aromatic rings. The van der Waals surface area contributed by atoms with Crippen LogP contribution in [-0.2, 0) is 25.7 Å². The van der Waals surface area contributed by atoms with Gasteiger partial charge in [0.25, 0.3) is 5.91 Å². The number of nitrogens with one attached hydrogen (secondary N) is 1. The fourth-order valence-corrected chi connectivity index (χ4v) is 5.30. The molecule has 4 rings (SSSR count). The second kappa shape index (κ2) is 8.74. The van der Waals surface area contributed by atoms with E-state index in [1.165, 1.54) is 30.7 Å². The number of rotatable bonds is 7. The van der Waals surface area contributed by atoms with Gasteiger partial charge in [-0.25, -0.2) is 4.79 Å². The number of hydrogen-bond donors (Lipinski definition) is 1. The Labute approximate surface area is 190 Å². The third-order valence-electron chi connectivity index (χ3n) is 5.56. The summed E-state index contributed by atoms with van der Waals surface area (Å²) in [7, 11) is 3.09. The smallest absolute Gasteiger partial charge is 0.344 e. The average molecular weight is 457 g/mol. The molecule has 2 aliphatic heterocycles. The number of ether oxygens (including phenoxy) is 3. The summed E-state index contributed by atoms with van der Waals surface area (Å²) in [5.41, 5.74) is 1.52. The van der Waals surface area contributed by atoms with E-state index in [2.05, 4.69) is 5.32 Å². The number of methoxy groups -OCH3 is 2. The van der Waals surface area contributed by atoms with E-state index >= 15 is 0 Å². The Bertz CT molecular complexity index is 1070. The van der Waals surface area contributed by atoms with E-state index in [1.807, 2.05) is 30.3 Å². The molecule has 2 amide bonds. The highest BCUT2D eigenvalue weighted by atomic mass is 32.2. The van der Waals surface area contributed by atoms with Crippen molar-refractivity contribution in [2.45, 2.75) is 42.2 Å². The Morgan fingerprint density at radius 1 is 1.16 bits per heavy atom. The lowest BCUT2D eigenvalue weighted by atomic mass is 10.2. The number of amides is 2. The Balaban J connectivity index is 1.41. The van der Waals surface area contributed by atoms with Crippen LogP contribution in [0, 0.1) is 0 Å². The first-order valence-corrected chi connectivity index (χ1v) is 11.0. The van der Waals surface area contributed by atoms with Crippen LogP contribution in [0.2, 0.25) is 0 Å². The van der Waals surface area contributed by atoms with Gasteiger partial charge in [-0.3, -0.25) is 14.5 Å². The molecule has 0 bridgehead atoms. The van der Waals surface area contributed by atoms with Crippen LogP contribution in [0.3, 0.4) is 0 Å². The summed E-state index contributed by atoms with van der Waals surface area (Å²) in [5.74, 6) is 0.0145. The molecule has 0 unspecified atom stereocenters. The first-order valence-electron chi connectivity index (χ1n) is 10.2. The molecule has 0 aromatic heterocycles. The van der Waals surface area contributed by atoms with Gasteiger partial charge in [-0.1, -0.05) is 30.0 Å². The molecule has 168 valence electrons. The van der Waals surface area contributed by atoms with Gasteiger partial charge in [0.2, 0.25) is 5.91 Å². The average Bonchev–Trinajstić information content (AvgIpc) is 3.32. The zero-order valence-corrected chi connectivity index (χ0v) is 18.9. The van der Waals surface area contributed by atoms with Crippen LogP contribution in [-0.4, -0.2) is 43.0 Å². The van der Waals surface area contributed by atoms with E-state index in [0.717, 1.165) is 10.5 Å². The van der Waals surface area contributed by atoms with Crippen molar-refractivity contribution in [3.63, 3.8) is 0 Å². The lowest BCUT2D eigenvalue weighted by molar-refractivity contribution is -0.157. The van der Waals surface area contributed by atoms with Crippen LogP contribution in [0.5, 0.6) is 11.5 Å². The summed E-state index contributed by atoms with van der Waals surface area (Å²) in [4.78, 5) is 39.5. The minimum absolute atomic E-state index is 0.120. The van der Waals surface area contributed by atoms with Gasteiger partial charge in [0, 0.05) is 24.3 Å². The third-order valence-corrected chi connectivity index (χ3v) is 7.02. The van der Waals surface area contributed by atoms with Gasteiger partial charge in [0.15, 0.2) is 22.5 Å². The summed E-state index contributed by atoms with van der Waals surface area (Å²) in [6.07, 6.45) is -0.417. The first-order chi connectivity index (χ1) is 15.4. The van der Waals surface area contributed by atoms with Gasteiger partial charge in [-0.2, -0.15) is 0 Å². The molecule has 1 fully saturated rings. The van der Waals surface area contributed by atoms with Crippen LogP contribution >= 0.6 is 11.8 Å². The molecule has 2 heterocycles. The summed E-state index contributed by atoms with van der Waals surface area (Å²) in [6, 6.07) is 12.7. The van der Waals surface area contributed by atoms with Crippen molar-refractivity contribution >= 4 is 35.2 Å². The van der Waals surface area contributed by atoms with Gasteiger partial charge in [-0.05, 0) is 36.8 Å². The molecule has 2 aliphatic rings.